The van der Waals surface area contributed by atoms with Crippen molar-refractivity contribution in [3.63, 3.8) is 0 Å². The Labute approximate surface area is 113 Å². The maximum absolute atomic E-state index is 3.59. The van der Waals surface area contributed by atoms with Crippen molar-refractivity contribution in [1.82, 2.24) is 5.32 Å². The van der Waals surface area contributed by atoms with Crippen molar-refractivity contribution >= 4 is 23.5 Å². The van der Waals surface area contributed by atoms with Gasteiger partial charge in [-0.15, -0.1) is 11.8 Å². The van der Waals surface area contributed by atoms with Gasteiger partial charge in [0.1, 0.15) is 0 Å². The molecular weight excluding hydrogens is 246 g/mol. The van der Waals surface area contributed by atoms with Gasteiger partial charge in [0.25, 0.3) is 0 Å². The van der Waals surface area contributed by atoms with Gasteiger partial charge >= 0.3 is 0 Å². The summed E-state index contributed by atoms with van der Waals surface area (Å²) in [4.78, 5) is 1.34. The second-order valence-electron chi connectivity index (χ2n) is 4.85. The van der Waals surface area contributed by atoms with Gasteiger partial charge in [-0.2, -0.15) is 11.8 Å². The fraction of sp³-hybridized carbons (Fsp3) is 0.571. The van der Waals surface area contributed by atoms with E-state index in [1.165, 1.54) is 29.1 Å². The Morgan fingerprint density at radius 3 is 2.71 bits per heavy atom. The molecule has 1 aliphatic heterocycles. The molecule has 17 heavy (non-hydrogen) atoms. The molecule has 3 heteroatoms. The fourth-order valence-electron chi connectivity index (χ4n) is 2.19. The SMILES string of the molecule is CSc1ccc(CNCC2(C)CCCS2)cc1. The van der Waals surface area contributed by atoms with E-state index in [0.29, 0.717) is 4.75 Å². The molecular formula is C14H21NS2. The van der Waals surface area contributed by atoms with Gasteiger partial charge in [-0.3, -0.25) is 0 Å². The summed E-state index contributed by atoms with van der Waals surface area (Å²) in [5.74, 6) is 1.33. The molecule has 1 aromatic rings. The molecule has 2 rings (SSSR count). The van der Waals surface area contributed by atoms with Crippen molar-refractivity contribution in [2.24, 2.45) is 0 Å². The molecule has 1 nitrogen and oxygen atoms in total. The summed E-state index contributed by atoms with van der Waals surface area (Å²) in [6, 6.07) is 8.85. The quantitative estimate of drug-likeness (QED) is 0.815. The molecule has 1 fully saturated rings. The van der Waals surface area contributed by atoms with E-state index in [1.807, 2.05) is 0 Å². The summed E-state index contributed by atoms with van der Waals surface area (Å²) < 4.78 is 0.471. The summed E-state index contributed by atoms with van der Waals surface area (Å²) >= 11 is 3.92. The summed E-state index contributed by atoms with van der Waals surface area (Å²) in [5, 5.41) is 3.59. The van der Waals surface area contributed by atoms with Crippen molar-refractivity contribution in [1.29, 1.82) is 0 Å². The first-order valence-corrected chi connectivity index (χ1v) is 8.40. The van der Waals surface area contributed by atoms with Crippen LogP contribution in [0.15, 0.2) is 29.2 Å². The number of benzene rings is 1. The highest BCUT2D eigenvalue weighted by Crippen LogP contribution is 2.36. The average Bonchev–Trinajstić information content (AvgIpc) is 2.77. The van der Waals surface area contributed by atoms with E-state index >= 15 is 0 Å². The van der Waals surface area contributed by atoms with E-state index in [1.54, 1.807) is 11.8 Å². The molecule has 1 heterocycles. The van der Waals surface area contributed by atoms with Gasteiger partial charge in [0.15, 0.2) is 0 Å². The lowest BCUT2D eigenvalue weighted by Crippen LogP contribution is -2.32. The van der Waals surface area contributed by atoms with Crippen LogP contribution in [-0.2, 0) is 6.54 Å². The monoisotopic (exact) mass is 267 g/mol. The number of hydrogen-bond acceptors (Lipinski definition) is 3. The van der Waals surface area contributed by atoms with E-state index < -0.39 is 0 Å². The summed E-state index contributed by atoms with van der Waals surface area (Å²) in [6.07, 6.45) is 4.85. The van der Waals surface area contributed by atoms with Crippen LogP contribution in [-0.4, -0.2) is 23.3 Å². The third kappa shape index (κ3) is 3.94. The minimum Gasteiger partial charge on any atom is -0.311 e. The van der Waals surface area contributed by atoms with Crippen molar-refractivity contribution in [3.05, 3.63) is 29.8 Å². The lowest BCUT2D eigenvalue weighted by Gasteiger charge is -2.23. The van der Waals surface area contributed by atoms with Crippen LogP contribution in [0.2, 0.25) is 0 Å². The molecule has 0 saturated carbocycles. The van der Waals surface area contributed by atoms with Gasteiger partial charge in [-0.1, -0.05) is 12.1 Å². The molecule has 1 atom stereocenters. The van der Waals surface area contributed by atoms with Gasteiger partial charge < -0.3 is 5.32 Å². The van der Waals surface area contributed by atoms with Crippen LogP contribution >= 0.6 is 23.5 Å². The molecule has 0 aromatic heterocycles. The standard InChI is InChI=1S/C14H21NS2/c1-14(8-3-9-17-14)11-15-10-12-4-6-13(16-2)7-5-12/h4-7,15H,3,8-11H2,1-2H3. The summed E-state index contributed by atoms with van der Waals surface area (Å²) in [5.41, 5.74) is 1.38. The summed E-state index contributed by atoms with van der Waals surface area (Å²) in [6.45, 7) is 4.50. The number of rotatable bonds is 5. The van der Waals surface area contributed by atoms with Crippen molar-refractivity contribution in [3.8, 4) is 0 Å². The number of hydrogen-bond donors (Lipinski definition) is 1. The largest absolute Gasteiger partial charge is 0.311 e. The smallest absolute Gasteiger partial charge is 0.0256 e. The van der Waals surface area contributed by atoms with E-state index in [-0.39, 0.29) is 0 Å². The molecule has 1 N–H and O–H groups in total. The van der Waals surface area contributed by atoms with Crippen LogP contribution in [0.1, 0.15) is 25.3 Å². The molecule has 0 bridgehead atoms. The maximum Gasteiger partial charge on any atom is 0.0256 e. The third-order valence-corrected chi connectivity index (χ3v) is 5.57. The molecule has 0 spiro atoms. The molecule has 1 aromatic carbocycles. The Bertz CT molecular complexity index is 342. The number of thioether (sulfide) groups is 2. The average molecular weight is 267 g/mol. The van der Waals surface area contributed by atoms with Gasteiger partial charge in [0, 0.05) is 22.7 Å². The highest BCUT2D eigenvalue weighted by atomic mass is 32.2. The molecule has 1 aliphatic rings. The van der Waals surface area contributed by atoms with Gasteiger partial charge in [-0.05, 0) is 49.5 Å². The first-order valence-electron chi connectivity index (χ1n) is 6.19. The van der Waals surface area contributed by atoms with Crippen LogP contribution in [0.5, 0.6) is 0 Å². The molecule has 1 unspecified atom stereocenters. The second kappa shape index (κ2) is 6.17. The number of nitrogens with one attached hydrogen (secondary N) is 1. The zero-order valence-corrected chi connectivity index (χ0v) is 12.3. The van der Waals surface area contributed by atoms with E-state index in [0.717, 1.165) is 13.1 Å². The Morgan fingerprint density at radius 2 is 2.12 bits per heavy atom. The van der Waals surface area contributed by atoms with Crippen LogP contribution in [0.4, 0.5) is 0 Å². The Balaban J connectivity index is 1.77. The molecule has 0 radical (unpaired) electrons. The Morgan fingerprint density at radius 1 is 1.35 bits per heavy atom. The maximum atomic E-state index is 3.59. The first kappa shape index (κ1) is 13.3. The highest BCUT2D eigenvalue weighted by molar-refractivity contribution is 8.00. The van der Waals surface area contributed by atoms with E-state index in [9.17, 15) is 0 Å². The summed E-state index contributed by atoms with van der Waals surface area (Å²) in [7, 11) is 0. The highest BCUT2D eigenvalue weighted by Gasteiger charge is 2.28. The molecule has 94 valence electrons. The fourth-order valence-corrected chi connectivity index (χ4v) is 3.87. The zero-order chi connectivity index (χ0) is 12.1. The zero-order valence-electron chi connectivity index (χ0n) is 10.7. The predicted molar refractivity (Wildman–Crippen MR) is 80.0 cm³/mol. The Hall–Kier alpha value is -0.120. The van der Waals surface area contributed by atoms with Crippen LogP contribution in [0.3, 0.4) is 0 Å². The normalized spacial score (nSPS) is 24.1. The van der Waals surface area contributed by atoms with E-state index in [4.69, 9.17) is 0 Å². The van der Waals surface area contributed by atoms with Gasteiger partial charge in [0.2, 0.25) is 0 Å². The first-order chi connectivity index (χ1) is 8.22. The molecule has 0 amide bonds. The predicted octanol–water partition coefficient (Wildman–Crippen LogP) is 3.78. The minimum absolute atomic E-state index is 0.471. The van der Waals surface area contributed by atoms with Gasteiger partial charge in [0.05, 0.1) is 0 Å². The minimum atomic E-state index is 0.471. The second-order valence-corrected chi connectivity index (χ2v) is 7.42. The third-order valence-electron chi connectivity index (χ3n) is 3.29. The Kier molecular flexibility index (Phi) is 4.83. The topological polar surface area (TPSA) is 12.0 Å². The van der Waals surface area contributed by atoms with Crippen LogP contribution < -0.4 is 5.32 Å². The van der Waals surface area contributed by atoms with E-state index in [2.05, 4.69) is 54.5 Å². The van der Waals surface area contributed by atoms with Crippen LogP contribution in [0, 0.1) is 0 Å². The van der Waals surface area contributed by atoms with Crippen molar-refractivity contribution < 1.29 is 0 Å². The van der Waals surface area contributed by atoms with Crippen LogP contribution in [0.25, 0.3) is 0 Å². The lowest BCUT2D eigenvalue weighted by atomic mass is 10.1. The van der Waals surface area contributed by atoms with Gasteiger partial charge in [-0.25, -0.2) is 0 Å². The van der Waals surface area contributed by atoms with Crippen molar-refractivity contribution in [2.45, 2.75) is 36.0 Å². The molecule has 0 aliphatic carbocycles. The lowest BCUT2D eigenvalue weighted by molar-refractivity contribution is 0.537. The molecule has 1 saturated heterocycles. The van der Waals surface area contributed by atoms with Crippen molar-refractivity contribution in [2.75, 3.05) is 18.6 Å².